The maximum atomic E-state index is 10.5. The van der Waals surface area contributed by atoms with Gasteiger partial charge in [-0.3, -0.25) is 0 Å². The second kappa shape index (κ2) is 2.36. The summed E-state index contributed by atoms with van der Waals surface area (Å²) >= 11 is 0. The Balaban J connectivity index is 1.90. The van der Waals surface area contributed by atoms with E-state index >= 15 is 0 Å². The van der Waals surface area contributed by atoms with Gasteiger partial charge in [0.1, 0.15) is 0 Å². The first-order valence-corrected chi connectivity index (χ1v) is 4.27. The van der Waals surface area contributed by atoms with Gasteiger partial charge in [0.2, 0.25) is 0 Å². The number of amides is 1. The molecular weight excluding hydrogens is 158 g/mol. The Labute approximate surface area is 70.8 Å². The largest absolute Gasteiger partial charge is 0.465 e. The van der Waals surface area contributed by atoms with Crippen LogP contribution >= 0.6 is 0 Å². The Kier molecular flexibility index (Phi) is 1.54. The fraction of sp³-hybridized carbons (Fsp3) is 0.875. The molecule has 2 N–H and O–H groups in total. The Morgan fingerprint density at radius 1 is 1.50 bits per heavy atom. The second-order valence-corrected chi connectivity index (χ2v) is 3.83. The van der Waals surface area contributed by atoms with Gasteiger partial charge in [0, 0.05) is 13.1 Å². The number of carboxylic acid groups (broad SMARTS) is 1. The van der Waals surface area contributed by atoms with Gasteiger partial charge in [-0.05, 0) is 24.7 Å². The van der Waals surface area contributed by atoms with E-state index < -0.39 is 6.09 Å². The molecule has 2 fully saturated rings. The van der Waals surface area contributed by atoms with E-state index in [4.69, 9.17) is 5.11 Å². The van der Waals surface area contributed by atoms with Crippen LogP contribution in [0.15, 0.2) is 0 Å². The molecule has 1 heterocycles. The fourth-order valence-electron chi connectivity index (χ4n) is 2.44. The minimum absolute atomic E-state index is 0.268. The Morgan fingerprint density at radius 3 is 2.33 bits per heavy atom. The van der Waals surface area contributed by atoms with E-state index in [2.05, 4.69) is 0 Å². The molecule has 2 aliphatic rings. The number of nitrogens with zero attached hydrogens (tertiary/aromatic N) is 1. The number of rotatable bonds is 1. The smallest absolute Gasteiger partial charge is 0.407 e. The molecule has 0 radical (unpaired) electrons. The number of likely N-dealkylation sites (tertiary alicyclic amines) is 1. The lowest BCUT2D eigenvalue weighted by Crippen LogP contribution is -2.31. The van der Waals surface area contributed by atoms with Gasteiger partial charge in [-0.15, -0.1) is 0 Å². The van der Waals surface area contributed by atoms with Crippen LogP contribution in [0.2, 0.25) is 0 Å². The van der Waals surface area contributed by atoms with Crippen molar-refractivity contribution in [1.29, 1.82) is 0 Å². The molecule has 1 saturated heterocycles. The van der Waals surface area contributed by atoms with Crippen molar-refractivity contribution in [2.24, 2.45) is 17.8 Å². The van der Waals surface area contributed by atoms with E-state index in [1.54, 1.807) is 6.92 Å². The predicted octanol–water partition coefficient (Wildman–Crippen LogP) is 0.223. The first kappa shape index (κ1) is 7.86. The van der Waals surface area contributed by atoms with Crippen LogP contribution in [0.4, 0.5) is 4.79 Å². The van der Waals surface area contributed by atoms with E-state index in [9.17, 15) is 9.90 Å². The Bertz CT molecular complexity index is 204. The van der Waals surface area contributed by atoms with Crippen LogP contribution in [0.3, 0.4) is 0 Å². The summed E-state index contributed by atoms with van der Waals surface area (Å²) in [6.45, 7) is 3.03. The van der Waals surface area contributed by atoms with Crippen molar-refractivity contribution >= 4 is 6.09 Å². The van der Waals surface area contributed by atoms with E-state index in [0.29, 0.717) is 30.8 Å². The molecule has 0 aromatic carbocycles. The SMILES string of the molecule is C[C@@H](O)[C@@H]1[C@@H]2CN(C(=O)O)C[C@@H]21. The van der Waals surface area contributed by atoms with Gasteiger partial charge in [-0.2, -0.15) is 0 Å². The van der Waals surface area contributed by atoms with Crippen LogP contribution in [0.1, 0.15) is 6.92 Å². The zero-order chi connectivity index (χ0) is 8.88. The van der Waals surface area contributed by atoms with Crippen molar-refractivity contribution in [2.75, 3.05) is 13.1 Å². The van der Waals surface area contributed by atoms with Gasteiger partial charge in [-0.25, -0.2) is 4.79 Å². The summed E-state index contributed by atoms with van der Waals surface area (Å²) in [4.78, 5) is 11.9. The van der Waals surface area contributed by atoms with E-state index in [1.165, 1.54) is 4.90 Å². The number of hydrogen-bond donors (Lipinski definition) is 2. The minimum Gasteiger partial charge on any atom is -0.465 e. The van der Waals surface area contributed by atoms with Crippen LogP contribution in [0.25, 0.3) is 0 Å². The molecular formula is C8H13NO3. The number of carbonyl (C=O) groups is 1. The lowest BCUT2D eigenvalue weighted by Gasteiger charge is -2.16. The predicted molar refractivity (Wildman–Crippen MR) is 41.7 cm³/mol. The molecule has 0 aromatic heterocycles. The summed E-state index contributed by atoms with van der Waals surface area (Å²) in [6.07, 6.45) is -1.09. The third-order valence-electron chi connectivity index (χ3n) is 3.09. The van der Waals surface area contributed by atoms with Crippen LogP contribution in [0.5, 0.6) is 0 Å². The van der Waals surface area contributed by atoms with E-state index in [1.807, 2.05) is 0 Å². The number of aliphatic hydroxyl groups is 1. The molecule has 4 nitrogen and oxygen atoms in total. The molecule has 1 amide bonds. The first-order valence-electron chi connectivity index (χ1n) is 4.27. The zero-order valence-corrected chi connectivity index (χ0v) is 6.97. The standard InChI is InChI=1S/C8H13NO3/c1-4(10)7-5-2-9(8(11)12)3-6(5)7/h4-7,10H,2-3H2,1H3,(H,11,12)/t4-,5-,6+,7-/m1/s1. The minimum atomic E-state index is -0.827. The molecule has 0 aromatic rings. The van der Waals surface area contributed by atoms with Gasteiger partial charge < -0.3 is 15.1 Å². The van der Waals surface area contributed by atoms with Crippen LogP contribution in [0, 0.1) is 17.8 Å². The summed E-state index contributed by atoms with van der Waals surface area (Å²) in [7, 11) is 0. The third kappa shape index (κ3) is 0.982. The molecule has 4 heteroatoms. The number of hydrogen-bond acceptors (Lipinski definition) is 2. The molecule has 1 aliphatic heterocycles. The highest BCUT2D eigenvalue weighted by molar-refractivity contribution is 5.65. The van der Waals surface area contributed by atoms with Gasteiger partial charge in [0.15, 0.2) is 0 Å². The third-order valence-corrected chi connectivity index (χ3v) is 3.09. The van der Waals surface area contributed by atoms with Gasteiger partial charge in [0.25, 0.3) is 0 Å². The first-order chi connectivity index (χ1) is 5.61. The monoisotopic (exact) mass is 171 g/mol. The van der Waals surface area contributed by atoms with Crippen LogP contribution in [-0.4, -0.2) is 40.4 Å². The van der Waals surface area contributed by atoms with Crippen molar-refractivity contribution in [2.45, 2.75) is 13.0 Å². The van der Waals surface area contributed by atoms with Crippen molar-refractivity contribution in [3.8, 4) is 0 Å². The molecule has 1 aliphatic carbocycles. The Hall–Kier alpha value is -0.770. The van der Waals surface area contributed by atoms with Gasteiger partial charge in [0.05, 0.1) is 6.10 Å². The highest BCUT2D eigenvalue weighted by atomic mass is 16.4. The number of aliphatic hydroxyl groups excluding tert-OH is 1. The van der Waals surface area contributed by atoms with Crippen molar-refractivity contribution < 1.29 is 15.0 Å². The van der Waals surface area contributed by atoms with Gasteiger partial charge in [-0.1, -0.05) is 0 Å². The second-order valence-electron chi connectivity index (χ2n) is 3.83. The Morgan fingerprint density at radius 2 is 2.00 bits per heavy atom. The molecule has 1 saturated carbocycles. The molecule has 0 bridgehead atoms. The highest BCUT2D eigenvalue weighted by Crippen LogP contribution is 2.53. The quantitative estimate of drug-likeness (QED) is 0.593. The van der Waals surface area contributed by atoms with Crippen LogP contribution < -0.4 is 0 Å². The fourth-order valence-corrected chi connectivity index (χ4v) is 2.44. The number of piperidine rings is 1. The average molecular weight is 171 g/mol. The summed E-state index contributed by atoms with van der Waals surface area (Å²) in [5.74, 6) is 1.22. The summed E-state index contributed by atoms with van der Waals surface area (Å²) in [5, 5.41) is 17.9. The molecule has 4 atom stereocenters. The van der Waals surface area contributed by atoms with Gasteiger partial charge >= 0.3 is 6.09 Å². The summed E-state index contributed by atoms with van der Waals surface area (Å²) in [6, 6.07) is 0. The summed E-state index contributed by atoms with van der Waals surface area (Å²) < 4.78 is 0. The molecule has 0 spiro atoms. The van der Waals surface area contributed by atoms with Crippen molar-refractivity contribution in [1.82, 2.24) is 4.90 Å². The van der Waals surface area contributed by atoms with Crippen LogP contribution in [-0.2, 0) is 0 Å². The maximum absolute atomic E-state index is 10.5. The molecule has 12 heavy (non-hydrogen) atoms. The van der Waals surface area contributed by atoms with Crippen molar-refractivity contribution in [3.63, 3.8) is 0 Å². The van der Waals surface area contributed by atoms with Crippen molar-refractivity contribution in [3.05, 3.63) is 0 Å². The normalized spacial score (nSPS) is 40.8. The maximum Gasteiger partial charge on any atom is 0.407 e. The lowest BCUT2D eigenvalue weighted by molar-refractivity contribution is 0.124. The lowest BCUT2D eigenvalue weighted by atomic mass is 10.2. The molecule has 68 valence electrons. The topological polar surface area (TPSA) is 60.8 Å². The zero-order valence-electron chi connectivity index (χ0n) is 6.97. The highest BCUT2D eigenvalue weighted by Gasteiger charge is 2.58. The van der Waals surface area contributed by atoms with E-state index in [0.717, 1.165) is 0 Å². The summed E-state index contributed by atoms with van der Waals surface area (Å²) in [5.41, 5.74) is 0. The molecule has 0 unspecified atom stereocenters. The van der Waals surface area contributed by atoms with E-state index in [-0.39, 0.29) is 6.10 Å². The average Bonchev–Trinajstić information content (AvgIpc) is 2.48. The number of fused-ring (bicyclic) bond motifs is 1. The molecule has 2 rings (SSSR count).